The quantitative estimate of drug-likeness (QED) is 0.288. The number of thioether (sulfide) groups is 1. The van der Waals surface area contributed by atoms with E-state index in [1.165, 1.54) is 11.8 Å². The number of nitrogens with zero attached hydrogens (tertiary/aromatic N) is 2. The fraction of sp³-hybridized carbons (Fsp3) is 0.333. The number of hydrogen-bond acceptors (Lipinski definition) is 3. The van der Waals surface area contributed by atoms with Crippen LogP contribution in [0.15, 0.2) is 22.1 Å². The molecule has 5 nitrogen and oxygen atoms in total. The van der Waals surface area contributed by atoms with E-state index in [2.05, 4.69) is 5.10 Å². The largest absolute Gasteiger partial charge is 0.496 e. The van der Waals surface area contributed by atoms with Crippen LogP contribution in [0.3, 0.4) is 0 Å². The van der Waals surface area contributed by atoms with Gasteiger partial charge in [-0.3, -0.25) is 0 Å². The number of halogens is 1. The summed E-state index contributed by atoms with van der Waals surface area (Å²) in [5.41, 5.74) is 11.6. The van der Waals surface area contributed by atoms with Crippen molar-refractivity contribution in [3.8, 4) is 5.75 Å². The topological polar surface area (TPSA) is 76.6 Å². The van der Waals surface area contributed by atoms with E-state index in [-0.39, 0.29) is 5.96 Å². The van der Waals surface area contributed by atoms with Crippen LogP contribution >= 0.6 is 23.4 Å². The normalized spacial score (nSPS) is 11.3. The molecule has 4 N–H and O–H groups in total. The molecule has 0 unspecified atom stereocenters. The fourth-order valence-electron chi connectivity index (χ4n) is 1.55. The average molecular weight is 302 g/mol. The van der Waals surface area contributed by atoms with Gasteiger partial charge in [0.25, 0.3) is 11.6 Å². The van der Waals surface area contributed by atoms with Gasteiger partial charge in [-0.2, -0.15) is 0 Å². The first-order chi connectivity index (χ1) is 9.04. The number of rotatable bonds is 5. The zero-order chi connectivity index (χ0) is 14.4. The second kappa shape index (κ2) is 7.25. The van der Waals surface area contributed by atoms with Crippen LogP contribution in [0.4, 0.5) is 5.69 Å². The molecule has 0 atom stereocenters. The van der Waals surface area contributed by atoms with E-state index in [0.29, 0.717) is 10.7 Å². The Morgan fingerprint density at radius 3 is 2.68 bits per heavy atom. The van der Waals surface area contributed by atoms with Gasteiger partial charge in [0.15, 0.2) is 6.21 Å². The van der Waals surface area contributed by atoms with E-state index in [4.69, 9.17) is 27.8 Å². The lowest BCUT2D eigenvalue weighted by Gasteiger charge is -2.08. The van der Waals surface area contributed by atoms with Crippen molar-refractivity contribution in [2.24, 2.45) is 16.6 Å². The Balaban J connectivity index is 3.41. The van der Waals surface area contributed by atoms with Crippen molar-refractivity contribution < 1.29 is 9.42 Å². The first kappa shape index (κ1) is 15.7. The molecule has 7 heteroatoms. The number of guanidine groups is 1. The molecule has 0 radical (unpaired) electrons. The summed E-state index contributed by atoms with van der Waals surface area (Å²) in [5, 5.41) is 4.60. The monoisotopic (exact) mass is 301 g/mol. The maximum absolute atomic E-state index is 6.39. The standard InChI is InChI=1S/C12H18ClN4OS/c1-4-7-17(16-12(14)15)8-5-6-9(18-2)11(19-3)10(8)13/h5-7H,4H2,1-3H3,(H4,14,15,16)/q+1. The Hall–Kier alpha value is -1.40. The molecular formula is C12H18ClN4OS+. The first-order valence-corrected chi connectivity index (χ1v) is 7.28. The molecule has 104 valence electrons. The Labute approximate surface area is 122 Å². The number of methoxy groups -OCH3 is 1. The summed E-state index contributed by atoms with van der Waals surface area (Å²) in [7, 11) is 1.61. The molecule has 0 saturated heterocycles. The van der Waals surface area contributed by atoms with E-state index >= 15 is 0 Å². The van der Waals surface area contributed by atoms with Crippen LogP contribution in [-0.2, 0) is 0 Å². The summed E-state index contributed by atoms with van der Waals surface area (Å²) < 4.78 is 6.85. The highest BCUT2D eigenvalue weighted by molar-refractivity contribution is 7.98. The SMILES string of the molecule is CCC=[N+](N=C(N)N)c1ccc(OC)c(SC)c1Cl. The minimum atomic E-state index is -0.0257. The Bertz CT molecular complexity index is 513. The van der Waals surface area contributed by atoms with Crippen LogP contribution in [0, 0.1) is 0 Å². The van der Waals surface area contributed by atoms with Crippen molar-refractivity contribution in [3.05, 3.63) is 17.2 Å². The third kappa shape index (κ3) is 3.78. The van der Waals surface area contributed by atoms with Crippen LogP contribution in [-0.4, -0.2) is 30.2 Å². The summed E-state index contributed by atoms with van der Waals surface area (Å²) in [4.78, 5) is 0.849. The molecule has 0 aliphatic heterocycles. The second-order valence-electron chi connectivity index (χ2n) is 3.59. The Kier molecular flexibility index (Phi) is 5.98. The van der Waals surface area contributed by atoms with Gasteiger partial charge in [0.1, 0.15) is 10.8 Å². The molecule has 0 saturated carbocycles. The van der Waals surface area contributed by atoms with E-state index < -0.39 is 0 Å². The van der Waals surface area contributed by atoms with Gasteiger partial charge in [-0.25, -0.2) is 0 Å². The molecule has 1 aromatic carbocycles. The van der Waals surface area contributed by atoms with Gasteiger partial charge >= 0.3 is 0 Å². The van der Waals surface area contributed by atoms with Crippen LogP contribution in [0.25, 0.3) is 0 Å². The first-order valence-electron chi connectivity index (χ1n) is 5.67. The summed E-state index contributed by atoms with van der Waals surface area (Å²) >= 11 is 7.90. The van der Waals surface area contributed by atoms with E-state index in [9.17, 15) is 0 Å². The highest BCUT2D eigenvalue weighted by Crippen LogP contribution is 2.40. The van der Waals surface area contributed by atoms with E-state index in [1.807, 2.05) is 31.5 Å². The molecule has 0 aliphatic rings. The number of nitrogens with two attached hydrogens (primary N) is 2. The molecule has 0 aliphatic carbocycles. The van der Waals surface area contributed by atoms with Crippen molar-refractivity contribution in [1.29, 1.82) is 0 Å². The Morgan fingerprint density at radius 1 is 1.53 bits per heavy atom. The maximum Gasteiger partial charge on any atom is 0.257 e. The molecule has 0 heterocycles. The molecule has 0 bridgehead atoms. The minimum Gasteiger partial charge on any atom is -0.496 e. The van der Waals surface area contributed by atoms with Gasteiger partial charge in [-0.1, -0.05) is 23.2 Å². The highest BCUT2D eigenvalue weighted by Gasteiger charge is 2.20. The van der Waals surface area contributed by atoms with Gasteiger partial charge in [0.2, 0.25) is 0 Å². The third-order valence-electron chi connectivity index (χ3n) is 2.29. The lowest BCUT2D eigenvalue weighted by atomic mass is 10.3. The van der Waals surface area contributed by atoms with E-state index in [0.717, 1.165) is 17.1 Å². The zero-order valence-electron chi connectivity index (χ0n) is 11.2. The van der Waals surface area contributed by atoms with Crippen molar-refractivity contribution in [3.63, 3.8) is 0 Å². The second-order valence-corrected chi connectivity index (χ2v) is 4.79. The number of hydrogen-bond donors (Lipinski definition) is 2. The van der Waals surface area contributed by atoms with Gasteiger partial charge in [-0.05, 0) is 12.3 Å². The fourth-order valence-corrected chi connectivity index (χ4v) is 2.66. The molecule has 19 heavy (non-hydrogen) atoms. The molecule has 1 aromatic rings. The van der Waals surface area contributed by atoms with Crippen LogP contribution in [0.5, 0.6) is 5.75 Å². The van der Waals surface area contributed by atoms with E-state index in [1.54, 1.807) is 11.8 Å². The lowest BCUT2D eigenvalue weighted by molar-refractivity contribution is -0.441. The summed E-state index contributed by atoms with van der Waals surface area (Å²) in [6.45, 7) is 1.99. The summed E-state index contributed by atoms with van der Waals surface area (Å²) in [6, 6.07) is 3.66. The molecular weight excluding hydrogens is 284 g/mol. The van der Waals surface area contributed by atoms with Gasteiger partial charge in [0.05, 0.1) is 12.0 Å². The minimum absolute atomic E-state index is 0.0257. The van der Waals surface area contributed by atoms with Crippen LogP contribution in [0.1, 0.15) is 13.3 Å². The van der Waals surface area contributed by atoms with Crippen molar-refractivity contribution >= 4 is 41.2 Å². The van der Waals surface area contributed by atoms with Crippen LogP contribution < -0.4 is 16.2 Å². The number of benzene rings is 1. The molecule has 0 fully saturated rings. The van der Waals surface area contributed by atoms with Crippen molar-refractivity contribution in [2.75, 3.05) is 13.4 Å². The maximum atomic E-state index is 6.39. The highest BCUT2D eigenvalue weighted by atomic mass is 35.5. The predicted molar refractivity (Wildman–Crippen MR) is 81.9 cm³/mol. The lowest BCUT2D eigenvalue weighted by Crippen LogP contribution is -2.24. The number of hydrazone groups is 1. The molecule has 0 spiro atoms. The summed E-state index contributed by atoms with van der Waals surface area (Å²) in [5.74, 6) is 0.699. The average Bonchev–Trinajstić information content (AvgIpc) is 2.37. The third-order valence-corrected chi connectivity index (χ3v) is 3.60. The molecule has 0 amide bonds. The van der Waals surface area contributed by atoms with Crippen molar-refractivity contribution in [2.45, 2.75) is 18.2 Å². The van der Waals surface area contributed by atoms with Crippen molar-refractivity contribution in [1.82, 2.24) is 0 Å². The van der Waals surface area contributed by atoms with Gasteiger partial charge in [0, 0.05) is 17.6 Å². The molecule has 0 aromatic heterocycles. The smallest absolute Gasteiger partial charge is 0.257 e. The molecule has 1 rings (SSSR count). The Morgan fingerprint density at radius 2 is 2.21 bits per heavy atom. The van der Waals surface area contributed by atoms with Crippen LogP contribution in [0.2, 0.25) is 5.02 Å². The zero-order valence-corrected chi connectivity index (χ0v) is 12.8. The van der Waals surface area contributed by atoms with Gasteiger partial charge in [-0.15, -0.1) is 11.8 Å². The predicted octanol–water partition coefficient (Wildman–Crippen LogP) is 2.38. The number of ether oxygens (including phenoxy) is 1. The summed E-state index contributed by atoms with van der Waals surface area (Å²) in [6.07, 6.45) is 4.55. The van der Waals surface area contributed by atoms with Gasteiger partial charge < -0.3 is 16.2 Å².